The van der Waals surface area contributed by atoms with Gasteiger partial charge in [0.15, 0.2) is 0 Å². The number of benzene rings is 2. The van der Waals surface area contributed by atoms with Crippen LogP contribution in [-0.4, -0.2) is 23.1 Å². The summed E-state index contributed by atoms with van der Waals surface area (Å²) < 4.78 is 24.4. The number of nitro groups is 1. The van der Waals surface area contributed by atoms with Crippen molar-refractivity contribution in [3.05, 3.63) is 58.6 Å². The maximum absolute atomic E-state index is 12.2. The lowest BCUT2D eigenvalue weighted by Gasteiger charge is -2.08. The Morgan fingerprint density at radius 1 is 1.17 bits per heavy atom. The number of halogens is 2. The molecule has 0 bridgehead atoms. The van der Waals surface area contributed by atoms with Gasteiger partial charge in [0.25, 0.3) is 11.4 Å². The summed E-state index contributed by atoms with van der Waals surface area (Å²) in [5, 5.41) is 16.1. The monoisotopic (exact) mass is 353 g/mol. The van der Waals surface area contributed by atoms with Crippen LogP contribution in [0.2, 0.25) is 0 Å². The molecular formula is C15H13F2N3O3S. The molecule has 2 N–H and O–H groups in total. The molecule has 0 spiro atoms. The van der Waals surface area contributed by atoms with Crippen molar-refractivity contribution in [3.8, 4) is 0 Å². The second kappa shape index (κ2) is 8.25. The van der Waals surface area contributed by atoms with Crippen LogP contribution >= 0.6 is 11.8 Å². The smallest absolute Gasteiger partial charge is 0.288 e. The van der Waals surface area contributed by atoms with Crippen LogP contribution in [0.15, 0.2) is 53.4 Å². The third kappa shape index (κ3) is 5.51. The van der Waals surface area contributed by atoms with Gasteiger partial charge in [0.1, 0.15) is 0 Å². The molecule has 1 amide bonds. The molecule has 24 heavy (non-hydrogen) atoms. The van der Waals surface area contributed by atoms with E-state index in [4.69, 9.17) is 0 Å². The van der Waals surface area contributed by atoms with Crippen LogP contribution in [0.3, 0.4) is 0 Å². The summed E-state index contributed by atoms with van der Waals surface area (Å²) in [6.45, 7) is -0.0886. The first kappa shape index (κ1) is 17.7. The first-order valence-corrected chi connectivity index (χ1v) is 7.65. The average molecular weight is 353 g/mol. The largest absolute Gasteiger partial charge is 0.376 e. The molecule has 0 aromatic heterocycles. The topological polar surface area (TPSA) is 84.3 Å². The standard InChI is InChI=1S/C15H13F2N3O3S/c16-15(17)24-13-6-4-10(5-7-13)19-14(21)9-18-11-2-1-3-12(8-11)20(22)23/h1-8,15,18H,9H2,(H,19,21). The van der Waals surface area contributed by atoms with E-state index in [1.54, 1.807) is 6.07 Å². The number of nitrogens with one attached hydrogen (secondary N) is 2. The maximum Gasteiger partial charge on any atom is 0.288 e. The lowest BCUT2D eigenvalue weighted by molar-refractivity contribution is -0.384. The molecule has 2 aromatic carbocycles. The zero-order valence-electron chi connectivity index (χ0n) is 12.2. The third-order valence-corrected chi connectivity index (χ3v) is 3.60. The Labute approximate surface area is 140 Å². The maximum atomic E-state index is 12.2. The molecule has 126 valence electrons. The number of hydrogen-bond acceptors (Lipinski definition) is 5. The van der Waals surface area contributed by atoms with E-state index < -0.39 is 10.7 Å². The van der Waals surface area contributed by atoms with Gasteiger partial charge in [-0.05, 0) is 30.3 Å². The van der Waals surface area contributed by atoms with Gasteiger partial charge in [-0.15, -0.1) is 0 Å². The number of nitro benzene ring substituents is 1. The predicted molar refractivity (Wildman–Crippen MR) is 88.5 cm³/mol. The highest BCUT2D eigenvalue weighted by Gasteiger charge is 2.08. The Balaban J connectivity index is 1.87. The third-order valence-electron chi connectivity index (χ3n) is 2.87. The molecule has 0 heterocycles. The zero-order valence-corrected chi connectivity index (χ0v) is 13.1. The highest BCUT2D eigenvalue weighted by Crippen LogP contribution is 2.26. The lowest BCUT2D eigenvalue weighted by atomic mass is 10.3. The summed E-state index contributed by atoms with van der Waals surface area (Å²) in [7, 11) is 0. The first-order valence-electron chi connectivity index (χ1n) is 6.77. The van der Waals surface area contributed by atoms with Crippen molar-refractivity contribution in [1.29, 1.82) is 0 Å². The van der Waals surface area contributed by atoms with Crippen molar-refractivity contribution in [2.45, 2.75) is 10.7 Å². The van der Waals surface area contributed by atoms with Gasteiger partial charge < -0.3 is 10.6 Å². The second-order valence-electron chi connectivity index (χ2n) is 4.61. The Morgan fingerprint density at radius 2 is 1.88 bits per heavy atom. The number of thioether (sulfide) groups is 1. The van der Waals surface area contributed by atoms with E-state index in [0.717, 1.165) is 0 Å². The summed E-state index contributed by atoms with van der Waals surface area (Å²) >= 11 is 0.424. The number of anilines is 2. The number of rotatable bonds is 7. The Kier molecular flexibility index (Phi) is 6.07. The highest BCUT2D eigenvalue weighted by atomic mass is 32.2. The number of alkyl halides is 2. The summed E-state index contributed by atoms with van der Waals surface area (Å²) in [5.74, 6) is -2.86. The van der Waals surface area contributed by atoms with Crippen LogP contribution in [0.25, 0.3) is 0 Å². The lowest BCUT2D eigenvalue weighted by Crippen LogP contribution is -2.21. The van der Waals surface area contributed by atoms with Gasteiger partial charge in [-0.1, -0.05) is 17.8 Å². The van der Waals surface area contributed by atoms with E-state index in [1.807, 2.05) is 0 Å². The number of nitrogens with zero attached hydrogens (tertiary/aromatic N) is 1. The van der Waals surface area contributed by atoms with Crippen molar-refractivity contribution in [2.75, 3.05) is 17.2 Å². The number of non-ortho nitro benzene ring substituents is 1. The molecule has 9 heteroatoms. The summed E-state index contributed by atoms with van der Waals surface area (Å²) in [5.41, 5.74) is 0.843. The normalized spacial score (nSPS) is 10.5. The van der Waals surface area contributed by atoms with Crippen LogP contribution in [0, 0.1) is 10.1 Å². The summed E-state index contributed by atoms with van der Waals surface area (Å²) in [6.07, 6.45) is 0. The molecule has 0 fully saturated rings. The predicted octanol–water partition coefficient (Wildman–Crippen LogP) is 3.96. The number of hydrogen-bond donors (Lipinski definition) is 2. The Hall–Kier alpha value is -2.68. The first-order chi connectivity index (χ1) is 11.4. The van der Waals surface area contributed by atoms with Gasteiger partial charge in [-0.25, -0.2) is 0 Å². The molecule has 0 aliphatic rings. The summed E-state index contributed by atoms with van der Waals surface area (Å²) in [4.78, 5) is 22.4. The fraction of sp³-hybridized carbons (Fsp3) is 0.133. The zero-order chi connectivity index (χ0) is 17.5. The van der Waals surface area contributed by atoms with Gasteiger partial charge in [-0.2, -0.15) is 8.78 Å². The van der Waals surface area contributed by atoms with E-state index in [0.29, 0.717) is 28.0 Å². The molecule has 0 aliphatic heterocycles. The van der Waals surface area contributed by atoms with Crippen LogP contribution in [-0.2, 0) is 4.79 Å². The molecule has 2 aromatic rings. The fourth-order valence-corrected chi connectivity index (χ4v) is 2.34. The SMILES string of the molecule is O=C(CNc1cccc([N+](=O)[O-])c1)Nc1ccc(SC(F)F)cc1. The molecule has 0 unspecified atom stereocenters. The van der Waals surface area contributed by atoms with Crippen molar-refractivity contribution < 1.29 is 18.5 Å². The minimum absolute atomic E-state index is 0.0764. The molecule has 0 saturated carbocycles. The summed E-state index contributed by atoms with van der Waals surface area (Å²) in [6, 6.07) is 11.8. The molecule has 0 aliphatic carbocycles. The quantitative estimate of drug-likeness (QED) is 0.447. The second-order valence-corrected chi connectivity index (χ2v) is 5.68. The van der Waals surface area contributed by atoms with Crippen molar-refractivity contribution in [3.63, 3.8) is 0 Å². The van der Waals surface area contributed by atoms with Gasteiger partial charge in [-0.3, -0.25) is 14.9 Å². The molecule has 2 rings (SSSR count). The van der Waals surface area contributed by atoms with E-state index in [9.17, 15) is 23.7 Å². The molecule has 0 radical (unpaired) electrons. The number of carbonyl (C=O) groups excluding carboxylic acids is 1. The fourth-order valence-electron chi connectivity index (χ4n) is 1.84. The van der Waals surface area contributed by atoms with E-state index in [2.05, 4.69) is 10.6 Å². The minimum atomic E-state index is -2.50. The Morgan fingerprint density at radius 3 is 2.50 bits per heavy atom. The molecule has 0 saturated heterocycles. The van der Waals surface area contributed by atoms with Crippen LogP contribution in [0.4, 0.5) is 25.8 Å². The van der Waals surface area contributed by atoms with E-state index in [1.165, 1.54) is 42.5 Å². The average Bonchev–Trinajstić information content (AvgIpc) is 2.54. The molecule has 0 atom stereocenters. The van der Waals surface area contributed by atoms with Crippen LogP contribution < -0.4 is 10.6 Å². The van der Waals surface area contributed by atoms with Gasteiger partial charge in [0.2, 0.25) is 5.91 Å². The van der Waals surface area contributed by atoms with E-state index >= 15 is 0 Å². The van der Waals surface area contributed by atoms with Crippen molar-refractivity contribution >= 4 is 34.7 Å². The number of carbonyl (C=O) groups is 1. The van der Waals surface area contributed by atoms with Crippen molar-refractivity contribution in [1.82, 2.24) is 0 Å². The van der Waals surface area contributed by atoms with Crippen molar-refractivity contribution in [2.24, 2.45) is 0 Å². The van der Waals surface area contributed by atoms with Gasteiger partial charge in [0.05, 0.1) is 11.5 Å². The Bertz CT molecular complexity index is 726. The molecular weight excluding hydrogens is 340 g/mol. The van der Waals surface area contributed by atoms with Crippen LogP contribution in [0.1, 0.15) is 0 Å². The molecule has 6 nitrogen and oxygen atoms in total. The number of amides is 1. The van der Waals surface area contributed by atoms with E-state index in [-0.39, 0.29) is 18.1 Å². The highest BCUT2D eigenvalue weighted by molar-refractivity contribution is 7.99. The minimum Gasteiger partial charge on any atom is -0.376 e. The van der Waals surface area contributed by atoms with Gasteiger partial charge in [0, 0.05) is 28.4 Å². The van der Waals surface area contributed by atoms with Crippen LogP contribution in [0.5, 0.6) is 0 Å². The van der Waals surface area contributed by atoms with Gasteiger partial charge >= 0.3 is 0 Å².